The average molecular weight is 496 g/mol. The Morgan fingerprint density at radius 1 is 1.09 bits per heavy atom. The number of para-hydroxylation sites is 1. The summed E-state index contributed by atoms with van der Waals surface area (Å²) in [6.07, 6.45) is 9.38. The number of ketones is 1. The molecule has 0 spiro atoms. The van der Waals surface area contributed by atoms with E-state index in [1.54, 1.807) is 24.3 Å². The fourth-order valence-corrected chi connectivity index (χ4v) is 4.47. The topological polar surface area (TPSA) is 127 Å². The summed E-state index contributed by atoms with van der Waals surface area (Å²) < 4.78 is 5.31. The lowest BCUT2D eigenvalue weighted by Crippen LogP contribution is -2.27. The zero-order valence-corrected chi connectivity index (χ0v) is 19.8. The Morgan fingerprint density at radius 3 is 2.60 bits per heavy atom. The van der Waals surface area contributed by atoms with Gasteiger partial charge in [0.25, 0.3) is 0 Å². The molecule has 4 rings (SSSR count). The van der Waals surface area contributed by atoms with Crippen LogP contribution in [-0.2, 0) is 4.79 Å². The van der Waals surface area contributed by atoms with Crippen LogP contribution in [-0.4, -0.2) is 37.6 Å². The number of nitrogens with zero attached hydrogens (tertiary/aromatic N) is 3. The molecule has 10 heteroatoms. The molecule has 0 atom stereocenters. The normalized spacial score (nSPS) is 17.5. The van der Waals surface area contributed by atoms with Crippen LogP contribution in [0.1, 0.15) is 65.9 Å². The number of anilines is 1. The zero-order valence-electron chi connectivity index (χ0n) is 19.1. The molecule has 1 aromatic carbocycles. The summed E-state index contributed by atoms with van der Waals surface area (Å²) in [5.74, 6) is 0.190. The highest BCUT2D eigenvalue weighted by Crippen LogP contribution is 2.33. The molecule has 1 aliphatic carbocycles. The lowest BCUT2D eigenvalue weighted by atomic mass is 9.79. The maximum Gasteiger partial charge on any atom is 0.362 e. The monoisotopic (exact) mass is 495 g/mol. The first-order valence-corrected chi connectivity index (χ1v) is 12.0. The standard InChI is InChI=1S/C25H26ClN5O4/c26-19-13-27-14-30-23(19)31-24(33)17-11-9-16(10-12-17)5-4-8-20(32)21-22(29-15-28-21)25(34)35-18-6-2-1-3-7-18/h1-3,6-7,13-17H,4-5,8-12H2,(H,28,29)(H,27,30,31,33). The van der Waals surface area contributed by atoms with Gasteiger partial charge in [-0.05, 0) is 50.2 Å². The van der Waals surface area contributed by atoms with Gasteiger partial charge in [0, 0.05) is 12.3 Å². The summed E-state index contributed by atoms with van der Waals surface area (Å²) in [4.78, 5) is 52.3. The second kappa shape index (κ2) is 11.7. The largest absolute Gasteiger partial charge is 0.422 e. The van der Waals surface area contributed by atoms with Crippen molar-refractivity contribution in [3.63, 3.8) is 0 Å². The van der Waals surface area contributed by atoms with Crippen molar-refractivity contribution in [2.75, 3.05) is 5.32 Å². The molecule has 1 amide bonds. The summed E-state index contributed by atoms with van der Waals surface area (Å²) in [7, 11) is 0. The van der Waals surface area contributed by atoms with Gasteiger partial charge < -0.3 is 15.0 Å². The lowest BCUT2D eigenvalue weighted by molar-refractivity contribution is -0.121. The van der Waals surface area contributed by atoms with Crippen LogP contribution in [0.15, 0.2) is 49.2 Å². The van der Waals surface area contributed by atoms with Crippen molar-refractivity contribution in [1.82, 2.24) is 19.9 Å². The molecule has 1 saturated carbocycles. The first kappa shape index (κ1) is 24.5. The number of esters is 1. The molecule has 0 radical (unpaired) electrons. The summed E-state index contributed by atoms with van der Waals surface area (Å²) >= 11 is 6.01. The molecule has 3 aromatic rings. The quantitative estimate of drug-likeness (QED) is 0.246. The maximum absolute atomic E-state index is 12.7. The third-order valence-corrected chi connectivity index (χ3v) is 6.48. The van der Waals surface area contributed by atoms with Gasteiger partial charge in [-0.15, -0.1) is 0 Å². The van der Waals surface area contributed by atoms with E-state index in [9.17, 15) is 14.4 Å². The van der Waals surface area contributed by atoms with Crippen LogP contribution in [0.25, 0.3) is 0 Å². The second-order valence-electron chi connectivity index (χ2n) is 8.57. The molecule has 0 unspecified atom stereocenters. The number of imidazole rings is 1. The van der Waals surface area contributed by atoms with Gasteiger partial charge in [0.15, 0.2) is 17.3 Å². The molecular weight excluding hydrogens is 470 g/mol. The minimum Gasteiger partial charge on any atom is -0.422 e. The fraction of sp³-hybridized carbons (Fsp3) is 0.360. The molecule has 0 bridgehead atoms. The van der Waals surface area contributed by atoms with Crippen LogP contribution >= 0.6 is 11.6 Å². The van der Waals surface area contributed by atoms with E-state index in [0.717, 1.165) is 32.1 Å². The third kappa shape index (κ3) is 6.51. The molecule has 2 heterocycles. The van der Waals surface area contributed by atoms with E-state index in [0.29, 0.717) is 35.3 Å². The SMILES string of the molecule is O=C(CCCC1CCC(C(=O)Nc2ncncc2Cl)CC1)c1nc[nH]c1C(=O)Oc1ccccc1. The Morgan fingerprint density at radius 2 is 1.86 bits per heavy atom. The molecule has 182 valence electrons. The molecule has 35 heavy (non-hydrogen) atoms. The van der Waals surface area contributed by atoms with Crippen molar-refractivity contribution < 1.29 is 19.1 Å². The third-order valence-electron chi connectivity index (χ3n) is 6.20. The second-order valence-corrected chi connectivity index (χ2v) is 8.98. The summed E-state index contributed by atoms with van der Waals surface area (Å²) in [5, 5.41) is 3.10. The van der Waals surface area contributed by atoms with Crippen LogP contribution in [0, 0.1) is 11.8 Å². The van der Waals surface area contributed by atoms with Gasteiger partial charge in [-0.1, -0.05) is 36.2 Å². The lowest BCUT2D eigenvalue weighted by Gasteiger charge is -2.27. The number of halogens is 1. The first-order chi connectivity index (χ1) is 17.0. The first-order valence-electron chi connectivity index (χ1n) is 11.6. The minimum atomic E-state index is -0.642. The Kier molecular flexibility index (Phi) is 8.20. The number of nitrogens with one attached hydrogen (secondary N) is 2. The van der Waals surface area contributed by atoms with Gasteiger partial charge in [0.2, 0.25) is 5.91 Å². The summed E-state index contributed by atoms with van der Waals surface area (Å²) in [5.41, 5.74) is 0.170. The van der Waals surface area contributed by atoms with Gasteiger partial charge in [0.1, 0.15) is 22.8 Å². The van der Waals surface area contributed by atoms with Gasteiger partial charge in [-0.3, -0.25) is 9.59 Å². The van der Waals surface area contributed by atoms with E-state index in [4.69, 9.17) is 16.3 Å². The minimum absolute atomic E-state index is 0.0640. The number of carbonyl (C=O) groups is 3. The number of ether oxygens (including phenoxy) is 1. The van der Waals surface area contributed by atoms with Crippen LogP contribution in [0.3, 0.4) is 0 Å². The van der Waals surface area contributed by atoms with Gasteiger partial charge in [-0.25, -0.2) is 19.7 Å². The predicted molar refractivity (Wildman–Crippen MR) is 129 cm³/mol. The average Bonchev–Trinajstić information content (AvgIpc) is 3.37. The van der Waals surface area contributed by atoms with Crippen molar-refractivity contribution >= 4 is 35.1 Å². The van der Waals surface area contributed by atoms with Gasteiger partial charge in [-0.2, -0.15) is 0 Å². The molecule has 0 saturated heterocycles. The molecule has 0 aliphatic heterocycles. The number of H-pyrrole nitrogens is 1. The number of aromatic nitrogens is 4. The maximum atomic E-state index is 12.7. The number of Topliss-reactive ketones (excluding diaryl/α,β-unsaturated/α-hetero) is 1. The van der Waals surface area contributed by atoms with Gasteiger partial charge in [0.05, 0.1) is 12.5 Å². The van der Waals surface area contributed by atoms with Crippen LogP contribution in [0.2, 0.25) is 5.02 Å². The Hall–Kier alpha value is -3.59. The number of carbonyl (C=O) groups excluding carboxylic acids is 3. The molecular formula is C25H26ClN5O4. The van der Waals surface area contributed by atoms with Gasteiger partial charge >= 0.3 is 5.97 Å². The van der Waals surface area contributed by atoms with Crippen molar-refractivity contribution in [1.29, 1.82) is 0 Å². The van der Waals surface area contributed by atoms with E-state index in [1.807, 2.05) is 6.07 Å². The molecule has 1 fully saturated rings. The number of aromatic amines is 1. The van der Waals surface area contributed by atoms with Crippen molar-refractivity contribution in [2.24, 2.45) is 11.8 Å². The van der Waals surface area contributed by atoms with E-state index in [2.05, 4.69) is 25.3 Å². The Labute approximate surface area is 207 Å². The smallest absolute Gasteiger partial charge is 0.362 e. The summed E-state index contributed by atoms with van der Waals surface area (Å²) in [6.45, 7) is 0. The number of benzene rings is 1. The van der Waals surface area contributed by atoms with Crippen molar-refractivity contribution in [3.05, 3.63) is 65.6 Å². The fourth-order valence-electron chi connectivity index (χ4n) is 4.31. The van der Waals surface area contributed by atoms with E-state index in [-0.39, 0.29) is 29.0 Å². The van der Waals surface area contributed by atoms with Crippen LogP contribution in [0.5, 0.6) is 5.75 Å². The highest BCUT2D eigenvalue weighted by atomic mass is 35.5. The molecule has 1 aliphatic rings. The molecule has 9 nitrogen and oxygen atoms in total. The van der Waals surface area contributed by atoms with Crippen molar-refractivity contribution in [3.8, 4) is 5.75 Å². The molecule has 2 aromatic heterocycles. The van der Waals surface area contributed by atoms with Crippen LogP contribution in [0.4, 0.5) is 5.82 Å². The van der Waals surface area contributed by atoms with Crippen molar-refractivity contribution in [2.45, 2.75) is 44.9 Å². The Balaban J connectivity index is 1.20. The molecule has 2 N–H and O–H groups in total. The summed E-state index contributed by atoms with van der Waals surface area (Å²) in [6, 6.07) is 8.67. The van der Waals surface area contributed by atoms with E-state index < -0.39 is 5.97 Å². The van der Waals surface area contributed by atoms with E-state index >= 15 is 0 Å². The Bertz CT molecular complexity index is 1180. The van der Waals surface area contributed by atoms with Crippen LogP contribution < -0.4 is 10.1 Å². The number of hydrogen-bond donors (Lipinski definition) is 2. The number of amides is 1. The zero-order chi connectivity index (χ0) is 24.6. The van der Waals surface area contributed by atoms with E-state index in [1.165, 1.54) is 18.9 Å². The predicted octanol–water partition coefficient (Wildman–Crippen LogP) is 4.87. The highest BCUT2D eigenvalue weighted by molar-refractivity contribution is 6.33. The number of hydrogen-bond acceptors (Lipinski definition) is 7. The highest BCUT2D eigenvalue weighted by Gasteiger charge is 2.27. The number of rotatable bonds is 9.